The van der Waals surface area contributed by atoms with Gasteiger partial charge in [-0.1, -0.05) is 51.0 Å². The number of carbonyl (C=O) groups is 1. The van der Waals surface area contributed by atoms with E-state index in [4.69, 9.17) is 0 Å². The lowest BCUT2D eigenvalue weighted by molar-refractivity contribution is 0.0693. The molecule has 2 heteroatoms. The first-order valence-electron chi connectivity index (χ1n) is 7.29. The minimum Gasteiger partial charge on any atom is -0.297 e. The third kappa shape index (κ3) is 2.59. The van der Waals surface area contributed by atoms with Crippen LogP contribution in [0, 0.1) is 0 Å². The Hall–Kier alpha value is -1.15. The Morgan fingerprint density at radius 1 is 1.11 bits per heavy atom. The van der Waals surface area contributed by atoms with Gasteiger partial charge in [0.15, 0.2) is 5.78 Å². The monoisotopic (exact) mass is 259 g/mol. The number of carbonyl (C=O) groups excluding carboxylic acids is 1. The Bertz CT molecular complexity index is 439. The van der Waals surface area contributed by atoms with Gasteiger partial charge in [0.05, 0.1) is 5.54 Å². The van der Waals surface area contributed by atoms with Gasteiger partial charge in [-0.3, -0.25) is 9.69 Å². The lowest BCUT2D eigenvalue weighted by atomic mass is 9.86. The molecule has 0 N–H and O–H groups in total. The maximum absolute atomic E-state index is 12.8. The fourth-order valence-electron chi connectivity index (χ4n) is 3.13. The number of benzene rings is 1. The average molecular weight is 259 g/mol. The summed E-state index contributed by atoms with van der Waals surface area (Å²) in [5, 5.41) is 0. The maximum Gasteiger partial charge on any atom is 0.183 e. The molecule has 0 heterocycles. The molecule has 2 rings (SSSR count). The lowest BCUT2D eigenvalue weighted by Gasteiger charge is -2.34. The summed E-state index contributed by atoms with van der Waals surface area (Å²) in [5.41, 5.74) is 1.89. The van der Waals surface area contributed by atoms with Gasteiger partial charge in [0.2, 0.25) is 0 Å². The van der Waals surface area contributed by atoms with Crippen molar-refractivity contribution in [2.75, 3.05) is 14.1 Å². The fraction of sp³-hybridized carbons (Fsp3) is 0.588. The van der Waals surface area contributed by atoms with Gasteiger partial charge >= 0.3 is 0 Å². The van der Waals surface area contributed by atoms with Crippen LogP contribution in [-0.4, -0.2) is 30.3 Å². The van der Waals surface area contributed by atoms with Crippen molar-refractivity contribution in [3.05, 3.63) is 35.4 Å². The van der Waals surface area contributed by atoms with E-state index in [1.54, 1.807) is 0 Å². The van der Waals surface area contributed by atoms with Gasteiger partial charge in [-0.05, 0) is 38.4 Å². The van der Waals surface area contributed by atoms with Crippen LogP contribution >= 0.6 is 0 Å². The van der Waals surface area contributed by atoms with E-state index in [9.17, 15) is 4.79 Å². The van der Waals surface area contributed by atoms with E-state index in [1.807, 2.05) is 26.2 Å². The number of nitrogens with zero attached hydrogens (tertiary/aromatic N) is 1. The summed E-state index contributed by atoms with van der Waals surface area (Å²) < 4.78 is 0. The van der Waals surface area contributed by atoms with Crippen LogP contribution in [0.2, 0.25) is 0 Å². The molecule has 19 heavy (non-hydrogen) atoms. The molecule has 2 nitrogen and oxygen atoms in total. The van der Waals surface area contributed by atoms with Gasteiger partial charge in [-0.25, -0.2) is 0 Å². The fourth-order valence-corrected chi connectivity index (χ4v) is 3.13. The van der Waals surface area contributed by atoms with Crippen molar-refractivity contribution in [3.8, 4) is 0 Å². The molecule has 1 aliphatic carbocycles. The lowest BCUT2D eigenvalue weighted by Crippen LogP contribution is -2.48. The molecule has 1 aliphatic rings. The van der Waals surface area contributed by atoms with E-state index < -0.39 is 0 Å². The van der Waals surface area contributed by atoms with E-state index >= 15 is 0 Å². The normalized spacial score (nSPS) is 18.2. The Morgan fingerprint density at radius 3 is 2.05 bits per heavy atom. The first kappa shape index (κ1) is 14.3. The predicted molar refractivity (Wildman–Crippen MR) is 79.7 cm³/mol. The summed E-state index contributed by atoms with van der Waals surface area (Å²) in [6, 6.07) is 8.19. The number of rotatable bonds is 4. The van der Waals surface area contributed by atoms with Crippen LogP contribution in [0.1, 0.15) is 61.4 Å². The summed E-state index contributed by atoms with van der Waals surface area (Å²) in [4.78, 5) is 15.0. The van der Waals surface area contributed by atoms with Crippen molar-refractivity contribution >= 4 is 5.78 Å². The minimum absolute atomic E-state index is 0.265. The van der Waals surface area contributed by atoms with E-state index in [2.05, 4.69) is 30.9 Å². The van der Waals surface area contributed by atoms with Crippen molar-refractivity contribution in [1.29, 1.82) is 0 Å². The van der Waals surface area contributed by atoms with Gasteiger partial charge in [-0.2, -0.15) is 0 Å². The van der Waals surface area contributed by atoms with Crippen LogP contribution in [0.3, 0.4) is 0 Å². The molecule has 0 radical (unpaired) electrons. The third-order valence-electron chi connectivity index (χ3n) is 4.55. The summed E-state index contributed by atoms with van der Waals surface area (Å²) >= 11 is 0. The zero-order valence-electron chi connectivity index (χ0n) is 12.6. The molecule has 0 atom stereocenters. The highest BCUT2D eigenvalue weighted by atomic mass is 16.1. The summed E-state index contributed by atoms with van der Waals surface area (Å²) in [6.45, 7) is 4.35. The topological polar surface area (TPSA) is 20.3 Å². The van der Waals surface area contributed by atoms with E-state index in [0.29, 0.717) is 11.7 Å². The SMILES string of the molecule is CC(C)c1ccc(C(=O)C2(N(C)C)CCCC2)cc1. The molecule has 104 valence electrons. The van der Waals surface area contributed by atoms with Crippen LogP contribution in [-0.2, 0) is 0 Å². The molecule has 0 aromatic heterocycles. The van der Waals surface area contributed by atoms with Crippen LogP contribution in [0.5, 0.6) is 0 Å². The van der Waals surface area contributed by atoms with Gasteiger partial charge in [0.1, 0.15) is 0 Å². The predicted octanol–water partition coefficient (Wildman–Crippen LogP) is 3.87. The highest BCUT2D eigenvalue weighted by molar-refractivity contribution is 6.03. The minimum atomic E-state index is -0.265. The standard InChI is InChI=1S/C17H25NO/c1-13(2)14-7-9-15(10-8-14)16(19)17(18(3)4)11-5-6-12-17/h7-10,13H,5-6,11-12H2,1-4H3. The Morgan fingerprint density at radius 2 is 1.63 bits per heavy atom. The molecule has 0 spiro atoms. The van der Waals surface area contributed by atoms with E-state index in [1.165, 1.54) is 5.56 Å². The second-order valence-corrected chi connectivity index (χ2v) is 6.24. The zero-order valence-corrected chi connectivity index (χ0v) is 12.6. The average Bonchev–Trinajstić information content (AvgIpc) is 2.88. The summed E-state index contributed by atoms with van der Waals surface area (Å²) in [5.74, 6) is 0.809. The van der Waals surface area contributed by atoms with Crippen molar-refractivity contribution in [2.24, 2.45) is 0 Å². The van der Waals surface area contributed by atoms with Gasteiger partial charge in [0, 0.05) is 5.56 Å². The summed E-state index contributed by atoms with van der Waals surface area (Å²) in [6.07, 6.45) is 4.30. The molecule has 1 aromatic rings. The smallest absolute Gasteiger partial charge is 0.183 e. The van der Waals surface area contributed by atoms with Crippen molar-refractivity contribution < 1.29 is 4.79 Å². The van der Waals surface area contributed by atoms with Crippen LogP contribution in [0.4, 0.5) is 0 Å². The maximum atomic E-state index is 12.8. The first-order valence-corrected chi connectivity index (χ1v) is 7.29. The van der Waals surface area contributed by atoms with Crippen LogP contribution < -0.4 is 0 Å². The second kappa shape index (κ2) is 5.46. The number of likely N-dealkylation sites (N-methyl/N-ethyl adjacent to an activating group) is 1. The van der Waals surface area contributed by atoms with Crippen molar-refractivity contribution in [3.63, 3.8) is 0 Å². The van der Waals surface area contributed by atoms with Crippen LogP contribution in [0.15, 0.2) is 24.3 Å². The van der Waals surface area contributed by atoms with Gasteiger partial charge in [-0.15, -0.1) is 0 Å². The molecule has 0 amide bonds. The summed E-state index contributed by atoms with van der Waals surface area (Å²) in [7, 11) is 4.07. The van der Waals surface area contributed by atoms with Crippen LogP contribution in [0.25, 0.3) is 0 Å². The third-order valence-corrected chi connectivity index (χ3v) is 4.55. The van der Waals surface area contributed by atoms with Crippen molar-refractivity contribution in [1.82, 2.24) is 4.90 Å². The molecule has 0 aliphatic heterocycles. The molecular weight excluding hydrogens is 234 g/mol. The van der Waals surface area contributed by atoms with Crippen molar-refractivity contribution in [2.45, 2.75) is 51.0 Å². The highest BCUT2D eigenvalue weighted by Crippen LogP contribution is 2.36. The molecule has 0 saturated heterocycles. The largest absolute Gasteiger partial charge is 0.297 e. The highest BCUT2D eigenvalue weighted by Gasteiger charge is 2.43. The molecule has 1 aromatic carbocycles. The van der Waals surface area contributed by atoms with E-state index in [-0.39, 0.29) is 5.54 Å². The Balaban J connectivity index is 2.27. The molecular formula is C17H25NO. The number of hydrogen-bond acceptors (Lipinski definition) is 2. The first-order chi connectivity index (χ1) is 8.97. The second-order valence-electron chi connectivity index (χ2n) is 6.24. The van der Waals surface area contributed by atoms with E-state index in [0.717, 1.165) is 31.2 Å². The van der Waals surface area contributed by atoms with Gasteiger partial charge in [0.25, 0.3) is 0 Å². The quantitative estimate of drug-likeness (QED) is 0.765. The number of Topliss-reactive ketones (excluding diaryl/α,β-unsaturated/α-hetero) is 1. The van der Waals surface area contributed by atoms with Gasteiger partial charge < -0.3 is 0 Å². The Kier molecular flexibility index (Phi) is 4.10. The zero-order chi connectivity index (χ0) is 14.0. The molecule has 0 bridgehead atoms. The molecule has 1 saturated carbocycles. The number of ketones is 1. The Labute approximate surface area is 116 Å². The molecule has 1 fully saturated rings. The number of hydrogen-bond donors (Lipinski definition) is 0. The molecule has 0 unspecified atom stereocenters.